The minimum Gasteiger partial charge on any atom is -0.251 e. The summed E-state index contributed by atoms with van der Waals surface area (Å²) in [5.41, 5.74) is 4.35. The third-order valence-corrected chi connectivity index (χ3v) is 6.58. The Morgan fingerprint density at radius 1 is 0.914 bits per heavy atom. The minimum atomic E-state index is -4.58. The van der Waals surface area contributed by atoms with Crippen LogP contribution in [0.4, 0.5) is 13.2 Å². The molecule has 0 saturated carbocycles. The van der Waals surface area contributed by atoms with Crippen LogP contribution in [0.3, 0.4) is 0 Å². The molecule has 35 heavy (non-hydrogen) atoms. The maximum atomic E-state index is 13.4. The van der Waals surface area contributed by atoms with Gasteiger partial charge in [0.2, 0.25) is 0 Å². The molecule has 0 amide bonds. The van der Waals surface area contributed by atoms with Crippen LogP contribution in [-0.2, 0) is 11.6 Å². The van der Waals surface area contributed by atoms with E-state index in [-0.39, 0.29) is 16.7 Å². The molecule has 5 nitrogen and oxygen atoms in total. The fourth-order valence-electron chi connectivity index (χ4n) is 3.76. The summed E-state index contributed by atoms with van der Waals surface area (Å²) in [6, 6.07) is 12.1. The van der Waals surface area contributed by atoms with Gasteiger partial charge < -0.3 is 0 Å². The number of fused-ring (bicyclic) bond motifs is 1. The lowest BCUT2D eigenvalue weighted by atomic mass is 9.93. The van der Waals surface area contributed by atoms with Gasteiger partial charge in [0.15, 0.2) is 11.3 Å². The smallest absolute Gasteiger partial charge is 0.251 e. The lowest BCUT2D eigenvalue weighted by Gasteiger charge is -2.14. The molecular weight excluding hydrogens is 471 g/mol. The number of pyridine rings is 1. The Labute approximate surface area is 204 Å². The third-order valence-electron chi connectivity index (χ3n) is 5.71. The zero-order valence-electron chi connectivity index (χ0n) is 19.6. The summed E-state index contributed by atoms with van der Waals surface area (Å²) in [5.74, 6) is 0. The van der Waals surface area contributed by atoms with Crippen molar-refractivity contribution in [3.8, 4) is 33.1 Å². The predicted molar refractivity (Wildman–Crippen MR) is 131 cm³/mol. The Morgan fingerprint density at radius 2 is 1.71 bits per heavy atom. The molecule has 0 aliphatic heterocycles. The number of benzene rings is 1. The molecule has 4 aromatic heterocycles. The lowest BCUT2D eigenvalue weighted by Crippen LogP contribution is -2.11. The molecule has 5 rings (SSSR count). The van der Waals surface area contributed by atoms with E-state index in [0.717, 1.165) is 33.6 Å². The molecule has 0 aliphatic carbocycles. The fourth-order valence-corrected chi connectivity index (χ4v) is 4.88. The molecule has 0 bridgehead atoms. The second kappa shape index (κ2) is 8.27. The highest BCUT2D eigenvalue weighted by atomic mass is 32.1. The number of rotatable bonds is 3. The summed E-state index contributed by atoms with van der Waals surface area (Å²) < 4.78 is 41.8. The Bertz CT molecular complexity index is 1540. The van der Waals surface area contributed by atoms with Crippen molar-refractivity contribution in [2.75, 3.05) is 0 Å². The predicted octanol–water partition coefficient (Wildman–Crippen LogP) is 7.21. The van der Waals surface area contributed by atoms with Crippen molar-refractivity contribution in [1.82, 2.24) is 24.6 Å². The van der Waals surface area contributed by atoms with E-state index in [4.69, 9.17) is 4.98 Å². The summed E-state index contributed by atoms with van der Waals surface area (Å²) in [6.45, 7) is 8.45. The van der Waals surface area contributed by atoms with Crippen LogP contribution in [0.1, 0.15) is 37.7 Å². The summed E-state index contributed by atoms with van der Waals surface area (Å²) in [5, 5.41) is 7.43. The Balaban J connectivity index is 1.55. The Morgan fingerprint density at radius 3 is 2.43 bits per heavy atom. The molecule has 0 spiro atoms. The average molecular weight is 494 g/mol. The van der Waals surface area contributed by atoms with Crippen LogP contribution in [0.25, 0.3) is 38.7 Å². The third kappa shape index (κ3) is 4.43. The quantitative estimate of drug-likeness (QED) is 0.267. The zero-order valence-corrected chi connectivity index (χ0v) is 20.4. The number of aromatic nitrogens is 5. The molecule has 0 aliphatic rings. The van der Waals surface area contributed by atoms with Crippen molar-refractivity contribution in [2.24, 2.45) is 0 Å². The first-order chi connectivity index (χ1) is 16.5. The SMILES string of the molecule is Cc1ccc(-c2cn3nc(-c4cccnc4C(F)(F)F)ccc3n2)cc1-c1nc(C(C)(C)C)cs1. The number of nitrogens with zero attached hydrogens (tertiary/aromatic N) is 5. The van der Waals surface area contributed by atoms with E-state index in [1.807, 2.05) is 25.1 Å². The largest absolute Gasteiger partial charge is 0.434 e. The first-order valence-electron chi connectivity index (χ1n) is 11.0. The molecule has 9 heteroatoms. The van der Waals surface area contributed by atoms with Gasteiger partial charge in [-0.1, -0.05) is 32.9 Å². The van der Waals surface area contributed by atoms with Crippen LogP contribution < -0.4 is 0 Å². The van der Waals surface area contributed by atoms with Gasteiger partial charge >= 0.3 is 6.18 Å². The number of aryl methyl sites for hydroxylation is 1. The standard InChI is InChI=1S/C26H22F3N5S/c1-15-7-8-16(12-18(15)24-32-21(14-35-24)25(2,3)4)20-13-34-22(31-20)10-9-19(33-34)17-6-5-11-30-23(17)26(27,28)29/h5-14H,1-4H3. The van der Waals surface area contributed by atoms with Gasteiger partial charge in [-0.05, 0) is 42.8 Å². The molecule has 0 unspecified atom stereocenters. The van der Waals surface area contributed by atoms with Crippen molar-refractivity contribution < 1.29 is 13.2 Å². The van der Waals surface area contributed by atoms with Gasteiger partial charge in [0.25, 0.3) is 0 Å². The molecule has 0 saturated heterocycles. The molecule has 4 heterocycles. The van der Waals surface area contributed by atoms with E-state index in [1.54, 1.807) is 23.6 Å². The van der Waals surface area contributed by atoms with E-state index in [9.17, 15) is 13.2 Å². The number of halogens is 3. The Kier molecular flexibility index (Phi) is 5.47. The van der Waals surface area contributed by atoms with Crippen LogP contribution in [0.2, 0.25) is 0 Å². The number of alkyl halides is 3. The maximum absolute atomic E-state index is 13.4. The van der Waals surface area contributed by atoms with Gasteiger partial charge in [-0.3, -0.25) is 4.98 Å². The second-order valence-electron chi connectivity index (χ2n) is 9.36. The summed E-state index contributed by atoms with van der Waals surface area (Å²) in [7, 11) is 0. The molecule has 178 valence electrons. The zero-order chi connectivity index (χ0) is 25.0. The van der Waals surface area contributed by atoms with Crippen LogP contribution >= 0.6 is 11.3 Å². The normalized spacial score (nSPS) is 12.4. The lowest BCUT2D eigenvalue weighted by molar-refractivity contribution is -0.140. The van der Waals surface area contributed by atoms with Gasteiger partial charge in [0, 0.05) is 33.7 Å². The average Bonchev–Trinajstić information content (AvgIpc) is 3.46. The molecule has 1 aromatic carbocycles. The molecule has 0 fully saturated rings. The number of hydrogen-bond donors (Lipinski definition) is 0. The van der Waals surface area contributed by atoms with Crippen LogP contribution in [-0.4, -0.2) is 24.6 Å². The maximum Gasteiger partial charge on any atom is 0.434 e. The molecule has 5 aromatic rings. The highest BCUT2D eigenvalue weighted by Crippen LogP contribution is 2.36. The van der Waals surface area contributed by atoms with Gasteiger partial charge in [-0.2, -0.15) is 18.3 Å². The van der Waals surface area contributed by atoms with Crippen molar-refractivity contribution >= 4 is 17.0 Å². The first kappa shape index (κ1) is 23.2. The monoisotopic (exact) mass is 493 g/mol. The van der Waals surface area contributed by atoms with Gasteiger partial charge in [-0.25, -0.2) is 14.5 Å². The van der Waals surface area contributed by atoms with Crippen LogP contribution in [0.15, 0.2) is 60.2 Å². The molecular formula is C26H22F3N5S. The van der Waals surface area contributed by atoms with Crippen molar-refractivity contribution in [3.05, 3.63) is 77.2 Å². The summed E-state index contributed by atoms with van der Waals surface area (Å²) in [4.78, 5) is 13.0. The highest BCUT2D eigenvalue weighted by Gasteiger charge is 2.35. The second-order valence-corrected chi connectivity index (χ2v) is 10.2. The van der Waals surface area contributed by atoms with E-state index in [0.29, 0.717) is 11.3 Å². The summed E-state index contributed by atoms with van der Waals surface area (Å²) >= 11 is 1.61. The fraction of sp³-hybridized carbons (Fsp3) is 0.231. The van der Waals surface area contributed by atoms with E-state index >= 15 is 0 Å². The van der Waals surface area contributed by atoms with Gasteiger partial charge in [0.1, 0.15) is 5.01 Å². The van der Waals surface area contributed by atoms with Crippen LogP contribution in [0, 0.1) is 6.92 Å². The number of thiazole rings is 1. The van der Waals surface area contributed by atoms with Crippen LogP contribution in [0.5, 0.6) is 0 Å². The summed E-state index contributed by atoms with van der Waals surface area (Å²) in [6.07, 6.45) is -1.73. The van der Waals surface area contributed by atoms with E-state index in [1.165, 1.54) is 22.7 Å². The van der Waals surface area contributed by atoms with Gasteiger partial charge in [-0.15, -0.1) is 11.3 Å². The van der Waals surface area contributed by atoms with Crippen molar-refractivity contribution in [2.45, 2.75) is 39.3 Å². The van der Waals surface area contributed by atoms with E-state index < -0.39 is 11.9 Å². The minimum absolute atomic E-state index is 0.0362. The van der Waals surface area contributed by atoms with Crippen molar-refractivity contribution in [1.29, 1.82) is 0 Å². The highest BCUT2D eigenvalue weighted by molar-refractivity contribution is 7.13. The first-order valence-corrected chi connectivity index (χ1v) is 11.8. The number of imidazole rings is 1. The van der Waals surface area contributed by atoms with Gasteiger partial charge in [0.05, 0.1) is 23.3 Å². The topological polar surface area (TPSA) is 56.0 Å². The Hall–Kier alpha value is -3.59. The molecule has 0 atom stereocenters. The van der Waals surface area contributed by atoms with Crippen molar-refractivity contribution in [3.63, 3.8) is 0 Å². The molecule has 0 N–H and O–H groups in total. The molecule has 0 radical (unpaired) electrons. The number of hydrogen-bond acceptors (Lipinski definition) is 5. The van der Waals surface area contributed by atoms with E-state index in [2.05, 4.69) is 41.2 Å².